The highest BCUT2D eigenvalue weighted by Crippen LogP contribution is 2.13. The second-order valence-corrected chi connectivity index (χ2v) is 4.03. The lowest BCUT2D eigenvalue weighted by atomic mass is 10.2. The van der Waals surface area contributed by atoms with Crippen LogP contribution in [-0.2, 0) is 0 Å². The molecule has 0 spiro atoms. The van der Waals surface area contributed by atoms with Crippen molar-refractivity contribution in [2.45, 2.75) is 20.8 Å². The molecule has 5 nitrogen and oxygen atoms in total. The Morgan fingerprint density at radius 2 is 2.00 bits per heavy atom. The van der Waals surface area contributed by atoms with Gasteiger partial charge in [0.05, 0.1) is 0 Å². The number of halogens is 1. The first kappa shape index (κ1) is 12.0. The van der Waals surface area contributed by atoms with Gasteiger partial charge < -0.3 is 10.6 Å². The van der Waals surface area contributed by atoms with Crippen LogP contribution >= 0.6 is 11.6 Å². The van der Waals surface area contributed by atoms with Crippen LogP contribution in [0.1, 0.15) is 20.8 Å². The van der Waals surface area contributed by atoms with Gasteiger partial charge in [0.2, 0.25) is 17.2 Å². The van der Waals surface area contributed by atoms with E-state index < -0.39 is 0 Å². The van der Waals surface area contributed by atoms with E-state index in [0.29, 0.717) is 11.9 Å². The minimum atomic E-state index is 0.139. The molecule has 1 heterocycles. The molecule has 6 heteroatoms. The molecule has 15 heavy (non-hydrogen) atoms. The average molecular weight is 230 g/mol. The summed E-state index contributed by atoms with van der Waals surface area (Å²) in [6.45, 7) is 7.99. The van der Waals surface area contributed by atoms with Crippen molar-refractivity contribution in [2.75, 3.05) is 23.7 Å². The van der Waals surface area contributed by atoms with Crippen LogP contribution in [-0.4, -0.2) is 28.0 Å². The lowest BCUT2D eigenvalue weighted by molar-refractivity contribution is 0.608. The summed E-state index contributed by atoms with van der Waals surface area (Å²) in [5.41, 5.74) is 5.51. The molecule has 0 saturated carbocycles. The summed E-state index contributed by atoms with van der Waals surface area (Å²) in [7, 11) is 0. The Bertz CT molecular complexity index is 308. The Kier molecular flexibility index (Phi) is 4.08. The van der Waals surface area contributed by atoms with Crippen molar-refractivity contribution < 1.29 is 0 Å². The molecule has 0 aliphatic rings. The number of rotatable bonds is 4. The van der Waals surface area contributed by atoms with E-state index in [1.54, 1.807) is 0 Å². The molecule has 1 aromatic rings. The van der Waals surface area contributed by atoms with E-state index in [9.17, 15) is 0 Å². The lowest BCUT2D eigenvalue weighted by Gasteiger charge is -2.22. The predicted molar refractivity (Wildman–Crippen MR) is 62.0 cm³/mol. The molecule has 2 N–H and O–H groups in total. The van der Waals surface area contributed by atoms with Crippen LogP contribution < -0.4 is 10.6 Å². The molecule has 1 rings (SSSR count). The molecule has 0 aliphatic carbocycles. The third-order valence-corrected chi connectivity index (χ3v) is 2.03. The maximum Gasteiger partial charge on any atom is 0.231 e. The van der Waals surface area contributed by atoms with E-state index in [0.717, 1.165) is 13.1 Å². The summed E-state index contributed by atoms with van der Waals surface area (Å²) in [4.78, 5) is 13.8. The predicted octanol–water partition coefficient (Wildman–Crippen LogP) is 1.59. The van der Waals surface area contributed by atoms with Gasteiger partial charge in [-0.15, -0.1) is 0 Å². The summed E-state index contributed by atoms with van der Waals surface area (Å²) >= 11 is 5.72. The largest absolute Gasteiger partial charge is 0.368 e. The van der Waals surface area contributed by atoms with Gasteiger partial charge in [-0.1, -0.05) is 13.8 Å². The Morgan fingerprint density at radius 3 is 2.47 bits per heavy atom. The normalized spacial score (nSPS) is 10.7. The molecular formula is C9H16ClN5. The van der Waals surface area contributed by atoms with E-state index in [2.05, 4.69) is 28.8 Å². The highest BCUT2D eigenvalue weighted by molar-refractivity contribution is 6.28. The number of nitrogen functional groups attached to an aromatic ring is 1. The first-order chi connectivity index (χ1) is 7.02. The van der Waals surface area contributed by atoms with Crippen molar-refractivity contribution in [3.05, 3.63) is 5.28 Å². The molecule has 0 aliphatic heterocycles. The first-order valence-electron chi connectivity index (χ1n) is 4.95. The minimum Gasteiger partial charge on any atom is -0.368 e. The van der Waals surface area contributed by atoms with Gasteiger partial charge >= 0.3 is 0 Å². The van der Waals surface area contributed by atoms with Crippen LogP contribution in [0.4, 0.5) is 11.9 Å². The Hall–Kier alpha value is -1.10. The summed E-state index contributed by atoms with van der Waals surface area (Å²) < 4.78 is 0. The number of anilines is 2. The fourth-order valence-electron chi connectivity index (χ4n) is 1.29. The molecule has 84 valence electrons. The van der Waals surface area contributed by atoms with E-state index in [1.807, 2.05) is 11.8 Å². The van der Waals surface area contributed by atoms with Gasteiger partial charge in [-0.05, 0) is 24.4 Å². The molecule has 0 bridgehead atoms. The highest BCUT2D eigenvalue weighted by Gasteiger charge is 2.11. The number of aromatic nitrogens is 3. The van der Waals surface area contributed by atoms with Gasteiger partial charge in [0.25, 0.3) is 0 Å². The summed E-state index contributed by atoms with van der Waals surface area (Å²) in [5.74, 6) is 1.23. The number of nitrogens with zero attached hydrogens (tertiary/aromatic N) is 4. The van der Waals surface area contributed by atoms with Gasteiger partial charge in [0.1, 0.15) is 0 Å². The molecule has 1 aromatic heterocycles. The van der Waals surface area contributed by atoms with Crippen molar-refractivity contribution in [3.8, 4) is 0 Å². The number of hydrogen-bond acceptors (Lipinski definition) is 5. The number of hydrogen-bond donors (Lipinski definition) is 1. The van der Waals surface area contributed by atoms with Crippen LogP contribution in [0.2, 0.25) is 5.28 Å². The van der Waals surface area contributed by atoms with Gasteiger partial charge in [-0.2, -0.15) is 15.0 Å². The summed E-state index contributed by atoms with van der Waals surface area (Å²) in [6.07, 6.45) is 0. The second kappa shape index (κ2) is 5.11. The van der Waals surface area contributed by atoms with E-state index in [1.165, 1.54) is 0 Å². The van der Waals surface area contributed by atoms with Gasteiger partial charge in [-0.25, -0.2) is 0 Å². The van der Waals surface area contributed by atoms with Crippen LogP contribution in [0.3, 0.4) is 0 Å². The van der Waals surface area contributed by atoms with Gasteiger partial charge in [0.15, 0.2) is 0 Å². The van der Waals surface area contributed by atoms with Crippen molar-refractivity contribution in [3.63, 3.8) is 0 Å². The third kappa shape index (κ3) is 3.51. The average Bonchev–Trinajstić information content (AvgIpc) is 2.12. The molecule has 0 unspecified atom stereocenters. The molecule has 0 radical (unpaired) electrons. The van der Waals surface area contributed by atoms with Crippen molar-refractivity contribution >= 4 is 23.5 Å². The van der Waals surface area contributed by atoms with Gasteiger partial charge in [0, 0.05) is 13.1 Å². The Balaban J connectivity index is 2.91. The quantitative estimate of drug-likeness (QED) is 0.849. The van der Waals surface area contributed by atoms with Crippen LogP contribution in [0.25, 0.3) is 0 Å². The molecule has 0 atom stereocenters. The topological polar surface area (TPSA) is 67.9 Å². The maximum absolute atomic E-state index is 5.72. The molecule has 0 aromatic carbocycles. The van der Waals surface area contributed by atoms with Gasteiger partial charge in [-0.3, -0.25) is 0 Å². The van der Waals surface area contributed by atoms with Crippen LogP contribution in [0.5, 0.6) is 0 Å². The maximum atomic E-state index is 5.72. The zero-order chi connectivity index (χ0) is 11.4. The zero-order valence-electron chi connectivity index (χ0n) is 9.24. The van der Waals surface area contributed by atoms with E-state index in [4.69, 9.17) is 17.3 Å². The van der Waals surface area contributed by atoms with Crippen molar-refractivity contribution in [1.29, 1.82) is 0 Å². The zero-order valence-corrected chi connectivity index (χ0v) is 9.99. The smallest absolute Gasteiger partial charge is 0.231 e. The summed E-state index contributed by atoms with van der Waals surface area (Å²) in [6, 6.07) is 0. The standard InChI is InChI=1S/C9H16ClN5/c1-4-15(5-6(2)3)9-13-7(10)12-8(11)14-9/h6H,4-5H2,1-3H3,(H2,11,12,13,14). The molecular weight excluding hydrogens is 214 g/mol. The molecule has 0 saturated heterocycles. The SMILES string of the molecule is CCN(CC(C)C)c1nc(N)nc(Cl)n1. The Labute approximate surface area is 94.7 Å². The van der Waals surface area contributed by atoms with E-state index in [-0.39, 0.29) is 11.2 Å². The van der Waals surface area contributed by atoms with Crippen LogP contribution in [0.15, 0.2) is 0 Å². The molecule has 0 fully saturated rings. The fraction of sp³-hybridized carbons (Fsp3) is 0.667. The monoisotopic (exact) mass is 229 g/mol. The lowest BCUT2D eigenvalue weighted by Crippen LogP contribution is -2.29. The second-order valence-electron chi connectivity index (χ2n) is 3.70. The van der Waals surface area contributed by atoms with Crippen LogP contribution in [0, 0.1) is 5.92 Å². The fourth-order valence-corrected chi connectivity index (χ4v) is 1.45. The van der Waals surface area contributed by atoms with Crippen molar-refractivity contribution in [1.82, 2.24) is 15.0 Å². The summed E-state index contributed by atoms with van der Waals surface area (Å²) in [5, 5.41) is 0.139. The van der Waals surface area contributed by atoms with Crippen molar-refractivity contribution in [2.24, 2.45) is 5.92 Å². The van der Waals surface area contributed by atoms with E-state index >= 15 is 0 Å². The number of nitrogens with two attached hydrogens (primary N) is 1. The first-order valence-corrected chi connectivity index (χ1v) is 5.32. The highest BCUT2D eigenvalue weighted by atomic mass is 35.5. The third-order valence-electron chi connectivity index (χ3n) is 1.86. The minimum absolute atomic E-state index is 0.139. The Morgan fingerprint density at radius 1 is 1.33 bits per heavy atom. The molecule has 0 amide bonds.